The Bertz CT molecular complexity index is 540. The van der Waals surface area contributed by atoms with E-state index in [1.165, 1.54) is 13.2 Å². The molecule has 0 spiro atoms. The van der Waals surface area contributed by atoms with Gasteiger partial charge >= 0.3 is 11.7 Å². The minimum absolute atomic E-state index is 0.119. The topological polar surface area (TPSA) is 92.9 Å². The van der Waals surface area contributed by atoms with Crippen molar-refractivity contribution < 1.29 is 19.6 Å². The summed E-state index contributed by atoms with van der Waals surface area (Å²) in [7, 11) is 1.36. The number of ether oxygens (including phenoxy) is 1. The third kappa shape index (κ3) is 3.42. The van der Waals surface area contributed by atoms with Crippen LogP contribution in [0.1, 0.15) is 25.7 Å². The van der Waals surface area contributed by atoms with Gasteiger partial charge in [-0.15, -0.1) is 0 Å². The summed E-state index contributed by atoms with van der Waals surface area (Å²) in [6.07, 6.45) is 4.02. The van der Waals surface area contributed by atoms with Crippen molar-refractivity contribution in [2.45, 2.75) is 31.7 Å². The molecule has 2 rings (SSSR count). The van der Waals surface area contributed by atoms with Crippen molar-refractivity contribution in [1.29, 1.82) is 0 Å². The molecule has 0 atom stereocenters. The molecule has 1 aliphatic carbocycles. The molecular formula is C14H18N2O5. The molecule has 114 valence electrons. The van der Waals surface area contributed by atoms with E-state index >= 15 is 0 Å². The average molecular weight is 294 g/mol. The van der Waals surface area contributed by atoms with Crippen LogP contribution in [0.25, 0.3) is 0 Å². The largest absolute Gasteiger partial charge is 0.490 e. The summed E-state index contributed by atoms with van der Waals surface area (Å²) >= 11 is 0. The second-order valence-electron chi connectivity index (χ2n) is 5.07. The highest BCUT2D eigenvalue weighted by molar-refractivity contribution is 5.74. The lowest BCUT2D eigenvalue weighted by molar-refractivity contribution is -0.385. The van der Waals surface area contributed by atoms with Gasteiger partial charge < -0.3 is 14.7 Å². The maximum absolute atomic E-state index is 11.1. The minimum Gasteiger partial charge on any atom is -0.490 e. The maximum Gasteiger partial charge on any atom is 0.323 e. The van der Waals surface area contributed by atoms with Crippen LogP contribution in [-0.2, 0) is 4.79 Å². The van der Waals surface area contributed by atoms with Crippen molar-refractivity contribution in [3.63, 3.8) is 0 Å². The van der Waals surface area contributed by atoms with Gasteiger partial charge in [-0.05, 0) is 18.9 Å². The zero-order valence-corrected chi connectivity index (χ0v) is 11.8. The van der Waals surface area contributed by atoms with E-state index in [-0.39, 0.29) is 24.0 Å². The molecule has 0 radical (unpaired) electrons. The predicted octanol–water partition coefficient (Wildman–Crippen LogP) is 2.44. The van der Waals surface area contributed by atoms with Gasteiger partial charge in [0.1, 0.15) is 6.54 Å². The summed E-state index contributed by atoms with van der Waals surface area (Å²) in [5.74, 6) is -0.773. The zero-order chi connectivity index (χ0) is 15.4. The molecule has 21 heavy (non-hydrogen) atoms. The molecule has 0 unspecified atom stereocenters. The fourth-order valence-electron chi connectivity index (χ4n) is 2.79. The summed E-state index contributed by atoms with van der Waals surface area (Å²) in [6, 6.07) is 4.64. The highest BCUT2D eigenvalue weighted by atomic mass is 16.6. The van der Waals surface area contributed by atoms with Crippen molar-refractivity contribution in [1.82, 2.24) is 0 Å². The lowest BCUT2D eigenvalue weighted by Gasteiger charge is -2.29. The first-order valence-electron chi connectivity index (χ1n) is 6.83. The summed E-state index contributed by atoms with van der Waals surface area (Å²) in [6.45, 7) is -0.119. The number of benzene rings is 1. The Morgan fingerprint density at radius 2 is 2.14 bits per heavy atom. The van der Waals surface area contributed by atoms with Crippen LogP contribution < -0.4 is 9.64 Å². The van der Waals surface area contributed by atoms with Crippen LogP contribution in [0.5, 0.6) is 5.75 Å². The van der Waals surface area contributed by atoms with Crippen LogP contribution in [-0.4, -0.2) is 35.7 Å². The first-order valence-corrected chi connectivity index (χ1v) is 6.83. The molecule has 0 heterocycles. The number of carboxylic acids is 1. The Morgan fingerprint density at radius 3 is 2.67 bits per heavy atom. The molecule has 1 saturated carbocycles. The normalized spacial score (nSPS) is 14.9. The number of carbonyl (C=O) groups is 1. The number of nitrogens with zero attached hydrogens (tertiary/aromatic N) is 2. The van der Waals surface area contributed by atoms with Crippen LogP contribution >= 0.6 is 0 Å². The smallest absolute Gasteiger partial charge is 0.323 e. The number of methoxy groups -OCH3 is 1. The van der Waals surface area contributed by atoms with E-state index in [1.807, 2.05) is 0 Å². The van der Waals surface area contributed by atoms with Gasteiger partial charge in [-0.3, -0.25) is 14.9 Å². The monoisotopic (exact) mass is 294 g/mol. The summed E-state index contributed by atoms with van der Waals surface area (Å²) < 4.78 is 5.05. The number of nitro groups is 1. The van der Waals surface area contributed by atoms with Gasteiger partial charge in [0.25, 0.3) is 0 Å². The first-order chi connectivity index (χ1) is 10.0. The van der Waals surface area contributed by atoms with Crippen molar-refractivity contribution in [3.05, 3.63) is 28.3 Å². The molecule has 0 aromatic heterocycles. The van der Waals surface area contributed by atoms with Crippen molar-refractivity contribution in [2.75, 3.05) is 18.6 Å². The standard InChI is InChI=1S/C14H18N2O5/c1-21-13-8-11(6-7-12(13)16(19)20)15(9-14(17)18)10-4-2-3-5-10/h6-8,10H,2-5,9H2,1H3,(H,17,18). The summed E-state index contributed by atoms with van der Waals surface area (Å²) in [5, 5.41) is 20.0. The SMILES string of the molecule is COc1cc(N(CC(=O)O)C2CCCC2)ccc1[N+](=O)[O-]. The predicted molar refractivity (Wildman–Crippen MR) is 76.9 cm³/mol. The molecule has 1 aliphatic rings. The molecule has 1 aromatic rings. The van der Waals surface area contributed by atoms with Crippen molar-refractivity contribution in [2.24, 2.45) is 0 Å². The van der Waals surface area contributed by atoms with E-state index in [2.05, 4.69) is 0 Å². The Labute approximate surface area is 122 Å². The number of nitro benzene ring substituents is 1. The third-order valence-corrected chi connectivity index (χ3v) is 3.76. The van der Waals surface area contributed by atoms with E-state index in [0.29, 0.717) is 5.69 Å². The van der Waals surface area contributed by atoms with Gasteiger partial charge in [-0.1, -0.05) is 12.8 Å². The molecule has 0 amide bonds. The van der Waals surface area contributed by atoms with Crippen LogP contribution in [0.3, 0.4) is 0 Å². The first kappa shape index (κ1) is 15.1. The fraction of sp³-hybridized carbons (Fsp3) is 0.500. The Kier molecular flexibility index (Phi) is 4.62. The van der Waals surface area contributed by atoms with Crippen LogP contribution in [0.15, 0.2) is 18.2 Å². The maximum atomic E-state index is 11.1. The number of carboxylic acid groups (broad SMARTS) is 1. The Morgan fingerprint density at radius 1 is 1.48 bits per heavy atom. The summed E-state index contributed by atoms with van der Waals surface area (Å²) in [5.41, 5.74) is 0.523. The molecule has 7 nitrogen and oxygen atoms in total. The average Bonchev–Trinajstić information content (AvgIpc) is 2.97. The minimum atomic E-state index is -0.917. The molecule has 0 bridgehead atoms. The summed E-state index contributed by atoms with van der Waals surface area (Å²) in [4.78, 5) is 23.3. The molecule has 1 N–H and O–H groups in total. The molecule has 0 aliphatic heterocycles. The van der Waals surface area contributed by atoms with Gasteiger partial charge in [-0.25, -0.2) is 0 Å². The molecular weight excluding hydrogens is 276 g/mol. The van der Waals surface area contributed by atoms with Gasteiger partial charge in [0.05, 0.1) is 12.0 Å². The van der Waals surface area contributed by atoms with Crippen LogP contribution in [0.2, 0.25) is 0 Å². The van der Waals surface area contributed by atoms with E-state index in [9.17, 15) is 14.9 Å². The van der Waals surface area contributed by atoms with Crippen molar-refractivity contribution in [3.8, 4) is 5.75 Å². The highest BCUT2D eigenvalue weighted by Gasteiger charge is 2.26. The van der Waals surface area contributed by atoms with Crippen LogP contribution in [0.4, 0.5) is 11.4 Å². The highest BCUT2D eigenvalue weighted by Crippen LogP contribution is 2.34. The van der Waals surface area contributed by atoms with E-state index in [0.717, 1.165) is 25.7 Å². The van der Waals surface area contributed by atoms with E-state index in [4.69, 9.17) is 9.84 Å². The number of hydrogen-bond acceptors (Lipinski definition) is 5. The second-order valence-corrected chi connectivity index (χ2v) is 5.07. The van der Waals surface area contributed by atoms with Gasteiger partial charge in [0.2, 0.25) is 0 Å². The number of aliphatic carboxylic acids is 1. The second kappa shape index (κ2) is 6.43. The van der Waals surface area contributed by atoms with Gasteiger partial charge in [-0.2, -0.15) is 0 Å². The zero-order valence-electron chi connectivity index (χ0n) is 11.8. The van der Waals surface area contributed by atoms with E-state index < -0.39 is 10.9 Å². The van der Waals surface area contributed by atoms with E-state index in [1.54, 1.807) is 17.0 Å². The number of rotatable bonds is 6. The van der Waals surface area contributed by atoms with Gasteiger partial charge in [0, 0.05) is 23.9 Å². The van der Waals surface area contributed by atoms with Gasteiger partial charge in [0.15, 0.2) is 5.75 Å². The molecule has 7 heteroatoms. The lowest BCUT2D eigenvalue weighted by atomic mass is 10.1. The lowest BCUT2D eigenvalue weighted by Crippen LogP contribution is -2.37. The number of anilines is 1. The quantitative estimate of drug-likeness (QED) is 0.640. The third-order valence-electron chi connectivity index (χ3n) is 3.76. The fourth-order valence-corrected chi connectivity index (χ4v) is 2.79. The van der Waals surface area contributed by atoms with Crippen LogP contribution in [0, 0.1) is 10.1 Å². The van der Waals surface area contributed by atoms with Crippen molar-refractivity contribution >= 4 is 17.3 Å². The molecule has 1 aromatic carbocycles. The molecule has 1 fully saturated rings. The number of hydrogen-bond donors (Lipinski definition) is 1. The Hall–Kier alpha value is -2.31. The molecule has 0 saturated heterocycles. The Balaban J connectivity index is 2.34.